The number of urea groups is 1. The number of likely N-dealkylation sites (N-methyl/N-ethyl adjacent to an activating group) is 1. The number of likely N-dealkylation sites (tertiary alicyclic amines) is 1. The quantitative estimate of drug-likeness (QED) is 0.0659. The monoisotopic (exact) mass is 872 g/mol. The maximum absolute atomic E-state index is 13.7. The van der Waals surface area contributed by atoms with Crippen molar-refractivity contribution in [1.29, 1.82) is 0 Å². The molecule has 1 saturated heterocycles. The van der Waals surface area contributed by atoms with Crippen LogP contribution in [0.25, 0.3) is 0 Å². The number of nitrogens with one attached hydrogen (secondary N) is 3. The normalized spacial score (nSPS) is 15.9. The van der Waals surface area contributed by atoms with Gasteiger partial charge in [-0.05, 0) is 74.3 Å². The van der Waals surface area contributed by atoms with E-state index in [0.717, 1.165) is 0 Å². The van der Waals surface area contributed by atoms with Crippen LogP contribution in [0.2, 0.25) is 0 Å². The lowest BCUT2D eigenvalue weighted by Crippen LogP contribution is -2.46. The van der Waals surface area contributed by atoms with Crippen molar-refractivity contribution in [2.75, 3.05) is 31.7 Å². The number of carbonyl (C=O) groups is 9. The Labute approximate surface area is 364 Å². The molecular formula is C44H68N6O10S. The number of unbranched alkanes of at least 4 members (excludes halogenated alkanes) is 2. The summed E-state index contributed by atoms with van der Waals surface area (Å²) in [5.74, 6) is -3.44. The van der Waals surface area contributed by atoms with E-state index < -0.39 is 42.0 Å². The molecule has 2 unspecified atom stereocenters. The number of carbonyl (C=O) groups excluding carboxylic acids is 9. The zero-order valence-electron chi connectivity index (χ0n) is 37.4. The Balaban J connectivity index is 2.01. The van der Waals surface area contributed by atoms with Crippen molar-refractivity contribution in [3.63, 3.8) is 0 Å². The molecule has 17 heteroatoms. The molecule has 2 rings (SSSR count). The molecule has 1 aromatic rings. The van der Waals surface area contributed by atoms with Crippen molar-refractivity contribution in [3.8, 4) is 0 Å². The van der Waals surface area contributed by atoms with Crippen LogP contribution < -0.4 is 21.7 Å². The molecule has 1 aliphatic heterocycles. The predicted molar refractivity (Wildman–Crippen MR) is 234 cm³/mol. The molecule has 0 bridgehead atoms. The van der Waals surface area contributed by atoms with E-state index in [2.05, 4.69) is 16.0 Å². The zero-order valence-corrected chi connectivity index (χ0v) is 38.2. The van der Waals surface area contributed by atoms with Gasteiger partial charge in [0.2, 0.25) is 23.6 Å². The highest BCUT2D eigenvalue weighted by Crippen LogP contribution is 2.25. The van der Waals surface area contributed by atoms with E-state index in [1.165, 1.54) is 35.5 Å². The second-order valence-electron chi connectivity index (χ2n) is 16.9. The molecule has 1 aromatic carbocycles. The number of anilines is 1. The maximum Gasteiger partial charge on any atom is 0.410 e. The molecule has 0 spiro atoms. The summed E-state index contributed by atoms with van der Waals surface area (Å²) in [7, 11) is 1.50. The van der Waals surface area contributed by atoms with E-state index in [4.69, 9.17) is 10.5 Å². The molecule has 1 fully saturated rings. The Morgan fingerprint density at radius 1 is 0.885 bits per heavy atom. The van der Waals surface area contributed by atoms with E-state index in [9.17, 15) is 43.2 Å². The van der Waals surface area contributed by atoms with Gasteiger partial charge in [0.1, 0.15) is 12.4 Å². The molecule has 0 aliphatic carbocycles. The number of primary amides is 1. The van der Waals surface area contributed by atoms with Gasteiger partial charge in [-0.25, -0.2) is 9.59 Å². The number of imide groups is 1. The average Bonchev–Trinajstić information content (AvgIpc) is 3.46. The van der Waals surface area contributed by atoms with Crippen molar-refractivity contribution >= 4 is 70.6 Å². The first-order chi connectivity index (χ1) is 28.7. The van der Waals surface area contributed by atoms with Gasteiger partial charge in [0.05, 0.1) is 17.3 Å². The fourth-order valence-corrected chi connectivity index (χ4v) is 8.07. The first-order valence-corrected chi connectivity index (χ1v) is 22.5. The number of hydrogen-bond donors (Lipinski definition) is 4. The van der Waals surface area contributed by atoms with Gasteiger partial charge in [0, 0.05) is 63.3 Å². The van der Waals surface area contributed by atoms with Gasteiger partial charge in [-0.3, -0.25) is 38.5 Å². The number of Topliss-reactive ketones (excluding diaryl/α,β-unsaturated/α-hetero) is 3. The summed E-state index contributed by atoms with van der Waals surface area (Å²) in [4.78, 5) is 117. The van der Waals surface area contributed by atoms with Crippen molar-refractivity contribution in [1.82, 2.24) is 20.4 Å². The van der Waals surface area contributed by atoms with Gasteiger partial charge in [0.15, 0.2) is 11.6 Å². The second-order valence-corrected chi connectivity index (χ2v) is 17.9. The lowest BCUT2D eigenvalue weighted by molar-refractivity contribution is -0.138. The Bertz CT molecular complexity index is 1700. The smallest absolute Gasteiger partial charge is 0.410 e. The van der Waals surface area contributed by atoms with Crippen LogP contribution in [0.5, 0.6) is 0 Å². The maximum atomic E-state index is 13.7. The number of nitrogens with two attached hydrogens (primary N) is 1. The lowest BCUT2D eigenvalue weighted by Gasteiger charge is -2.31. The van der Waals surface area contributed by atoms with Crippen LogP contribution >= 0.6 is 11.8 Å². The summed E-state index contributed by atoms with van der Waals surface area (Å²) in [6.07, 6.45) is 3.62. The SMILES string of the molecule is CSC1CC(=O)N(CCCCCC(=O)NC(C(=O)C[C@@H](CCCNC(N)=O)C(=O)Nc2ccc(COC(=O)N(C)[C@H](C(=O)C[C@H](C(C)=O)C(C)C)C(C)C)cc2)C(C)C)C1=O. The Kier molecular flexibility index (Phi) is 22.2. The summed E-state index contributed by atoms with van der Waals surface area (Å²) >= 11 is 1.36. The third-order valence-corrected chi connectivity index (χ3v) is 11.9. The second kappa shape index (κ2) is 25.9. The van der Waals surface area contributed by atoms with Crippen LogP contribution in [-0.2, 0) is 44.9 Å². The molecule has 16 nitrogen and oxygen atoms in total. The highest BCUT2D eigenvalue weighted by atomic mass is 32.2. The number of nitrogens with zero attached hydrogens (tertiary/aromatic N) is 2. The van der Waals surface area contributed by atoms with Crippen LogP contribution in [0.1, 0.15) is 112 Å². The average molecular weight is 873 g/mol. The van der Waals surface area contributed by atoms with E-state index >= 15 is 0 Å². The van der Waals surface area contributed by atoms with Crippen molar-refractivity contribution in [2.45, 2.75) is 130 Å². The molecular weight excluding hydrogens is 805 g/mol. The number of ketones is 3. The largest absolute Gasteiger partial charge is 0.445 e. The number of hydrogen-bond acceptors (Lipinski definition) is 11. The van der Waals surface area contributed by atoms with E-state index in [1.54, 1.807) is 44.4 Å². The Morgan fingerprint density at radius 2 is 1.54 bits per heavy atom. The van der Waals surface area contributed by atoms with Gasteiger partial charge in [0.25, 0.3) is 0 Å². The first-order valence-electron chi connectivity index (χ1n) is 21.2. The molecule has 0 aromatic heterocycles. The van der Waals surface area contributed by atoms with Crippen molar-refractivity contribution < 1.29 is 47.9 Å². The number of benzene rings is 1. The molecule has 61 heavy (non-hydrogen) atoms. The summed E-state index contributed by atoms with van der Waals surface area (Å²) in [6, 6.07) is 4.27. The Morgan fingerprint density at radius 3 is 2.08 bits per heavy atom. The molecule has 5 atom stereocenters. The minimum absolute atomic E-state index is 0.0209. The van der Waals surface area contributed by atoms with Gasteiger partial charge >= 0.3 is 12.1 Å². The molecule has 0 radical (unpaired) electrons. The molecule has 1 aliphatic rings. The van der Waals surface area contributed by atoms with Crippen LogP contribution in [0.4, 0.5) is 15.3 Å². The van der Waals surface area contributed by atoms with E-state index in [0.29, 0.717) is 43.5 Å². The van der Waals surface area contributed by atoms with Crippen molar-refractivity contribution in [3.05, 3.63) is 29.8 Å². The summed E-state index contributed by atoms with van der Waals surface area (Å²) < 4.78 is 5.53. The molecule has 340 valence electrons. The number of thioether (sulfide) groups is 1. The van der Waals surface area contributed by atoms with Gasteiger partial charge in [-0.15, -0.1) is 0 Å². The van der Waals surface area contributed by atoms with Gasteiger partial charge in [-0.2, -0.15) is 11.8 Å². The summed E-state index contributed by atoms with van der Waals surface area (Å²) in [6.45, 7) is 12.9. The predicted octanol–water partition coefficient (Wildman–Crippen LogP) is 5.25. The lowest BCUT2D eigenvalue weighted by atomic mass is 9.84. The number of rotatable bonds is 27. The molecule has 7 amide bonds. The zero-order chi connectivity index (χ0) is 46.0. The minimum Gasteiger partial charge on any atom is -0.445 e. The van der Waals surface area contributed by atoms with Crippen molar-refractivity contribution in [2.24, 2.45) is 35.3 Å². The fourth-order valence-electron chi connectivity index (χ4n) is 7.43. The van der Waals surface area contributed by atoms with Crippen LogP contribution in [0.15, 0.2) is 24.3 Å². The van der Waals surface area contributed by atoms with Crippen LogP contribution in [-0.4, -0.2) is 107 Å². The highest BCUT2D eigenvalue weighted by Gasteiger charge is 2.38. The van der Waals surface area contributed by atoms with E-state index in [1.807, 2.05) is 27.7 Å². The highest BCUT2D eigenvalue weighted by molar-refractivity contribution is 8.00. The fraction of sp³-hybridized carbons (Fsp3) is 0.659. The van der Waals surface area contributed by atoms with Gasteiger partial charge < -0.3 is 31.3 Å². The molecule has 1 heterocycles. The first kappa shape index (κ1) is 52.3. The molecule has 5 N–H and O–H groups in total. The van der Waals surface area contributed by atoms with E-state index in [-0.39, 0.29) is 103 Å². The number of amides is 7. The third kappa shape index (κ3) is 17.2. The summed E-state index contributed by atoms with van der Waals surface area (Å²) in [5, 5.41) is 7.83. The Hall–Kier alpha value is -4.80. The van der Waals surface area contributed by atoms with Crippen LogP contribution in [0, 0.1) is 29.6 Å². The standard InChI is InChI=1S/C44H68N6O10S/c1-26(2)33(29(7)51)23-35(53)40(28(5)6)49(8)44(59)60-25-30-16-18-32(19-17-30)47-41(56)31(14-13-20-46-43(45)58)22-34(52)39(27(3)4)48-37(54)15-11-10-12-21-50-38(55)24-36(61-9)42(50)57/h16-19,26-28,31,33,36,39-40H,10-15,20-25H2,1-9H3,(H,47,56)(H,48,54)(H3,45,46,58)/t31-,33+,36?,39?,40+/m1/s1. The van der Waals surface area contributed by atoms with Crippen LogP contribution in [0.3, 0.4) is 0 Å². The topological polar surface area (TPSA) is 231 Å². The summed E-state index contributed by atoms with van der Waals surface area (Å²) in [5.41, 5.74) is 6.24. The minimum atomic E-state index is -0.845. The molecule has 0 saturated carbocycles. The van der Waals surface area contributed by atoms with Gasteiger partial charge in [-0.1, -0.05) is 60.1 Å². The number of ether oxygens (including phenoxy) is 1. The third-order valence-electron chi connectivity index (χ3n) is 10.9.